The van der Waals surface area contributed by atoms with Gasteiger partial charge in [-0.3, -0.25) is 9.59 Å². The number of ether oxygens (including phenoxy) is 1. The third kappa shape index (κ3) is 3.79. The first kappa shape index (κ1) is 21.3. The van der Waals surface area contributed by atoms with E-state index in [1.807, 2.05) is 6.92 Å². The topological polar surface area (TPSA) is 69.4 Å². The maximum atomic E-state index is 13.2. The first-order valence-electron chi connectivity index (χ1n) is 10.6. The van der Waals surface area contributed by atoms with Gasteiger partial charge in [0.15, 0.2) is 0 Å². The highest BCUT2D eigenvalue weighted by atomic mass is 19.4. The van der Waals surface area contributed by atoms with Gasteiger partial charge in [-0.2, -0.15) is 13.2 Å². The molecule has 1 amide bonds. The van der Waals surface area contributed by atoms with E-state index in [2.05, 4.69) is 4.98 Å². The van der Waals surface area contributed by atoms with E-state index in [1.165, 1.54) is 22.8 Å². The van der Waals surface area contributed by atoms with E-state index in [1.54, 1.807) is 34.1 Å². The number of hydrogen-bond acceptors (Lipinski definition) is 4. The second-order valence-corrected chi connectivity index (χ2v) is 8.34. The highest BCUT2D eigenvalue weighted by Gasteiger charge is 2.41. The number of benzene rings is 1. The van der Waals surface area contributed by atoms with Gasteiger partial charge >= 0.3 is 6.18 Å². The van der Waals surface area contributed by atoms with E-state index in [0.717, 1.165) is 11.8 Å². The summed E-state index contributed by atoms with van der Waals surface area (Å²) in [5, 5.41) is 0. The Morgan fingerprint density at radius 1 is 1.06 bits per heavy atom. The summed E-state index contributed by atoms with van der Waals surface area (Å²) in [6.07, 6.45) is -0.716. The predicted molar refractivity (Wildman–Crippen MR) is 112 cm³/mol. The molecule has 3 heterocycles. The van der Waals surface area contributed by atoms with Crippen molar-refractivity contribution in [2.45, 2.75) is 44.6 Å². The Bertz CT molecular complexity index is 1270. The second kappa shape index (κ2) is 7.79. The minimum Gasteiger partial charge on any atom is -0.490 e. The van der Waals surface area contributed by atoms with Crippen LogP contribution in [0.4, 0.5) is 13.2 Å². The summed E-state index contributed by atoms with van der Waals surface area (Å²) in [5.41, 5.74) is 0.426. The van der Waals surface area contributed by atoms with Crippen molar-refractivity contribution >= 4 is 5.91 Å². The lowest BCUT2D eigenvalue weighted by Crippen LogP contribution is -2.55. The maximum absolute atomic E-state index is 13.2. The van der Waals surface area contributed by atoms with Gasteiger partial charge in [0.05, 0.1) is 17.6 Å². The predicted octanol–water partition coefficient (Wildman–Crippen LogP) is 3.43. The van der Waals surface area contributed by atoms with Crippen LogP contribution < -0.4 is 10.3 Å². The Morgan fingerprint density at radius 2 is 1.82 bits per heavy atom. The number of carbonyl (C=O) groups excluding carboxylic acids is 1. The van der Waals surface area contributed by atoms with E-state index in [0.29, 0.717) is 37.3 Å². The van der Waals surface area contributed by atoms with E-state index >= 15 is 0 Å². The molecule has 2 aromatic heterocycles. The number of alkyl halides is 3. The third-order valence-electron chi connectivity index (χ3n) is 6.19. The molecule has 0 N–H and O–H groups in total. The van der Waals surface area contributed by atoms with Crippen LogP contribution in [-0.4, -0.2) is 43.6 Å². The standard InChI is InChI=1S/C23H21F3N4O3/c1-14-12-28(13-27-14)18-6-7-19-22(32)29(8-9-30(19)21(18)31)15-10-16(11-15)33-20-5-3-2-4-17(20)23(24,25)26/h2-7,12-13,15-16H,8-11H2,1H3/t15-,16-. The summed E-state index contributed by atoms with van der Waals surface area (Å²) in [6.45, 7) is 2.53. The van der Waals surface area contributed by atoms with Gasteiger partial charge in [-0.25, -0.2) is 4.98 Å². The van der Waals surface area contributed by atoms with Crippen molar-refractivity contribution in [2.75, 3.05) is 6.54 Å². The van der Waals surface area contributed by atoms with Crippen LogP contribution in [0, 0.1) is 6.92 Å². The molecule has 1 fully saturated rings. The Hall–Kier alpha value is -3.56. The number of para-hydroxylation sites is 1. The first-order chi connectivity index (χ1) is 15.7. The normalized spacial score (nSPS) is 20.4. The number of amides is 1. The highest BCUT2D eigenvalue weighted by Crippen LogP contribution is 2.39. The largest absolute Gasteiger partial charge is 0.490 e. The van der Waals surface area contributed by atoms with Crippen LogP contribution in [0.1, 0.15) is 34.6 Å². The lowest BCUT2D eigenvalue weighted by molar-refractivity contribution is -0.139. The minimum atomic E-state index is -4.49. The molecule has 5 rings (SSSR count). The molecule has 3 aromatic rings. The van der Waals surface area contributed by atoms with Crippen LogP contribution in [-0.2, 0) is 12.7 Å². The van der Waals surface area contributed by atoms with Gasteiger partial charge in [-0.15, -0.1) is 0 Å². The zero-order valence-corrected chi connectivity index (χ0v) is 17.7. The number of carbonyl (C=O) groups is 1. The van der Waals surface area contributed by atoms with Gasteiger partial charge in [0.2, 0.25) is 0 Å². The summed E-state index contributed by atoms with van der Waals surface area (Å²) in [7, 11) is 0. The Kier molecular flexibility index (Phi) is 5.02. The molecule has 0 atom stereocenters. The Labute approximate surface area is 187 Å². The van der Waals surface area contributed by atoms with Gasteiger partial charge < -0.3 is 18.8 Å². The number of rotatable bonds is 4. The molecule has 2 aliphatic rings. The van der Waals surface area contributed by atoms with E-state index in [9.17, 15) is 22.8 Å². The van der Waals surface area contributed by atoms with Crippen LogP contribution >= 0.6 is 0 Å². The fourth-order valence-corrected chi connectivity index (χ4v) is 4.40. The van der Waals surface area contributed by atoms with Crippen LogP contribution in [0.25, 0.3) is 5.69 Å². The third-order valence-corrected chi connectivity index (χ3v) is 6.19. The number of hydrogen-bond donors (Lipinski definition) is 0. The van der Waals surface area contributed by atoms with Gasteiger partial charge in [-0.1, -0.05) is 12.1 Å². The van der Waals surface area contributed by atoms with Gasteiger partial charge in [0, 0.05) is 38.2 Å². The summed E-state index contributed by atoms with van der Waals surface area (Å²) in [5.74, 6) is -0.455. The molecule has 1 aliphatic heterocycles. The van der Waals surface area contributed by atoms with Crippen molar-refractivity contribution in [3.05, 3.63) is 76.2 Å². The molecule has 0 saturated heterocycles. The molecule has 0 unspecified atom stereocenters. The molecule has 10 heteroatoms. The van der Waals surface area contributed by atoms with E-state index < -0.39 is 17.8 Å². The highest BCUT2D eigenvalue weighted by molar-refractivity contribution is 5.93. The monoisotopic (exact) mass is 458 g/mol. The van der Waals surface area contributed by atoms with Crippen LogP contribution in [0.5, 0.6) is 5.75 Å². The zero-order chi connectivity index (χ0) is 23.3. The van der Waals surface area contributed by atoms with Crippen LogP contribution in [0.2, 0.25) is 0 Å². The molecule has 172 valence electrons. The van der Waals surface area contributed by atoms with Crippen molar-refractivity contribution in [3.63, 3.8) is 0 Å². The van der Waals surface area contributed by atoms with Gasteiger partial charge in [0.1, 0.15) is 23.2 Å². The van der Waals surface area contributed by atoms with Gasteiger partial charge in [-0.05, 0) is 31.2 Å². The quantitative estimate of drug-likeness (QED) is 0.601. The SMILES string of the molecule is Cc1cn(-c2ccc3n(c2=O)CCN([C@H]2C[C@H](Oc4ccccc4C(F)(F)F)C2)C3=O)cn1. The van der Waals surface area contributed by atoms with Crippen molar-refractivity contribution in [2.24, 2.45) is 0 Å². The van der Waals surface area contributed by atoms with E-state index in [4.69, 9.17) is 4.74 Å². The summed E-state index contributed by atoms with van der Waals surface area (Å²) in [6, 6.07) is 8.23. The molecule has 1 aliphatic carbocycles. The van der Waals surface area contributed by atoms with E-state index in [-0.39, 0.29) is 23.3 Å². The summed E-state index contributed by atoms with van der Waals surface area (Å²) in [4.78, 5) is 31.8. The van der Waals surface area contributed by atoms with Crippen molar-refractivity contribution in [1.29, 1.82) is 0 Å². The molecule has 1 saturated carbocycles. The maximum Gasteiger partial charge on any atom is 0.419 e. The van der Waals surface area contributed by atoms with Crippen LogP contribution in [0.3, 0.4) is 0 Å². The number of aryl methyl sites for hydroxylation is 1. The van der Waals surface area contributed by atoms with Gasteiger partial charge in [0.25, 0.3) is 11.5 Å². The average Bonchev–Trinajstić information content (AvgIpc) is 3.17. The summed E-state index contributed by atoms with van der Waals surface area (Å²) < 4.78 is 48.3. The number of pyridine rings is 1. The van der Waals surface area contributed by atoms with Crippen molar-refractivity contribution in [1.82, 2.24) is 19.0 Å². The number of imidazole rings is 1. The number of aromatic nitrogens is 3. The minimum absolute atomic E-state index is 0.139. The average molecular weight is 458 g/mol. The van der Waals surface area contributed by atoms with Crippen LogP contribution in [0.15, 0.2) is 53.7 Å². The lowest BCUT2D eigenvalue weighted by atomic mass is 9.87. The number of halogens is 3. The van der Waals surface area contributed by atoms with Crippen molar-refractivity contribution in [3.8, 4) is 11.4 Å². The number of nitrogens with zero attached hydrogens (tertiary/aromatic N) is 4. The lowest BCUT2D eigenvalue weighted by Gasteiger charge is -2.44. The molecule has 0 spiro atoms. The van der Waals surface area contributed by atoms with Crippen molar-refractivity contribution < 1.29 is 22.7 Å². The molecular weight excluding hydrogens is 437 g/mol. The number of fused-ring (bicyclic) bond motifs is 1. The Balaban J connectivity index is 1.28. The fraction of sp³-hybridized carbons (Fsp3) is 0.348. The Morgan fingerprint density at radius 3 is 2.52 bits per heavy atom. The zero-order valence-electron chi connectivity index (χ0n) is 17.7. The fourth-order valence-electron chi connectivity index (χ4n) is 4.40. The first-order valence-corrected chi connectivity index (χ1v) is 10.6. The molecule has 0 bridgehead atoms. The molecule has 1 aromatic carbocycles. The second-order valence-electron chi connectivity index (χ2n) is 8.34. The molecule has 0 radical (unpaired) electrons. The molecular formula is C23H21F3N4O3. The molecule has 7 nitrogen and oxygen atoms in total. The smallest absolute Gasteiger partial charge is 0.419 e. The summed E-state index contributed by atoms with van der Waals surface area (Å²) >= 11 is 0. The molecule has 33 heavy (non-hydrogen) atoms.